The summed E-state index contributed by atoms with van der Waals surface area (Å²) in [6.45, 7) is 13.4. The standard InChI is InChI=1S/C10H16N2O2.C4H8F3O5P.C4H10.C2H4O.H3P/c1-10(2)7-4-12(5-8(7)10)9(14)3-11-6-13;1-10-3(4(5,6)7)2-11-12-13(8)9;1-4(2)3;1-2-3;/h6-8H,3-5H2,1-2H3,(H,11,13);3,8-9H,2H2,1H3;4H,1-3H3;2H,1H3;1H3. The Labute approximate surface area is 209 Å². The number of carbonyl (C=O) groups excluding carboxylic acids is 3. The van der Waals surface area contributed by atoms with Gasteiger partial charge in [0.25, 0.3) is 0 Å². The summed E-state index contributed by atoms with van der Waals surface area (Å²) in [5.74, 6) is 2.24. The molecule has 15 heteroatoms. The van der Waals surface area contributed by atoms with Crippen LogP contribution in [0, 0.1) is 23.2 Å². The highest BCUT2D eigenvalue weighted by Gasteiger charge is 2.62. The van der Waals surface area contributed by atoms with Crippen molar-refractivity contribution in [3.63, 3.8) is 0 Å². The Bertz CT molecular complexity index is 582. The molecule has 1 aliphatic heterocycles. The molecule has 0 spiro atoms. The number of likely N-dealkylation sites (tertiary alicyclic amines) is 1. The maximum Gasteiger partial charge on any atom is 0.417 e. The summed E-state index contributed by atoms with van der Waals surface area (Å²) in [6.07, 6.45) is -5.41. The van der Waals surface area contributed by atoms with Gasteiger partial charge in [0.05, 0.1) is 6.54 Å². The minimum atomic E-state index is -4.58. The van der Waals surface area contributed by atoms with Gasteiger partial charge >= 0.3 is 14.8 Å². The van der Waals surface area contributed by atoms with Crippen LogP contribution in [0.5, 0.6) is 0 Å². The van der Waals surface area contributed by atoms with Crippen molar-refractivity contribution in [1.82, 2.24) is 10.2 Å². The second kappa shape index (κ2) is 19.2. The molecule has 1 aliphatic carbocycles. The van der Waals surface area contributed by atoms with E-state index in [1.165, 1.54) is 6.92 Å². The Kier molecular flexibility index (Phi) is 21.2. The molecule has 1 saturated heterocycles. The van der Waals surface area contributed by atoms with Crippen molar-refractivity contribution >= 4 is 37.1 Å². The van der Waals surface area contributed by atoms with E-state index < -0.39 is 27.5 Å². The van der Waals surface area contributed by atoms with Crippen molar-refractivity contribution in [2.45, 2.75) is 53.8 Å². The molecule has 4 unspecified atom stereocenters. The van der Waals surface area contributed by atoms with Gasteiger partial charge in [-0.3, -0.25) is 9.59 Å². The lowest BCUT2D eigenvalue weighted by Crippen LogP contribution is -2.38. The molecule has 0 aromatic heterocycles. The summed E-state index contributed by atoms with van der Waals surface area (Å²) < 4.78 is 43.3. The summed E-state index contributed by atoms with van der Waals surface area (Å²) in [5.41, 5.74) is 0.439. The largest absolute Gasteiger partial charge is 0.417 e. The molecule has 4 atom stereocenters. The van der Waals surface area contributed by atoms with Crippen LogP contribution < -0.4 is 5.32 Å². The van der Waals surface area contributed by atoms with Gasteiger partial charge in [-0.05, 0) is 30.1 Å². The minimum Gasteiger partial charge on any atom is -0.369 e. The van der Waals surface area contributed by atoms with Crippen molar-refractivity contribution in [3.05, 3.63) is 0 Å². The number of amides is 2. The Balaban J connectivity index is -0.000000454. The average molecular weight is 556 g/mol. The van der Waals surface area contributed by atoms with Crippen molar-refractivity contribution in [1.29, 1.82) is 0 Å². The SMILES string of the molecule is CC(C)C.CC1(C)C2CN(C(=O)CNC=O)CC21.CC=O.COC(COOP(O)O)C(F)(F)F.P. The van der Waals surface area contributed by atoms with Gasteiger partial charge in [0.2, 0.25) is 12.3 Å². The number of halogens is 3. The first-order valence-electron chi connectivity index (χ1n) is 10.5. The topological polar surface area (TPSA) is 135 Å². The van der Waals surface area contributed by atoms with Crippen molar-refractivity contribution in [2.75, 3.05) is 33.4 Å². The summed E-state index contributed by atoms with van der Waals surface area (Å²) in [7, 11) is -1.97. The lowest BCUT2D eigenvalue weighted by Gasteiger charge is -2.21. The van der Waals surface area contributed by atoms with E-state index in [2.05, 4.69) is 54.2 Å². The van der Waals surface area contributed by atoms with Crippen molar-refractivity contribution in [2.24, 2.45) is 23.2 Å². The Morgan fingerprint density at radius 2 is 1.63 bits per heavy atom. The number of carbonyl (C=O) groups is 3. The van der Waals surface area contributed by atoms with Gasteiger partial charge in [0.15, 0.2) is 6.10 Å². The smallest absolute Gasteiger partial charge is 0.369 e. The van der Waals surface area contributed by atoms with E-state index in [0.717, 1.165) is 32.4 Å². The third-order valence-corrected chi connectivity index (χ3v) is 5.04. The Morgan fingerprint density at radius 1 is 1.20 bits per heavy atom. The van der Waals surface area contributed by atoms with E-state index in [-0.39, 0.29) is 22.4 Å². The predicted molar refractivity (Wildman–Crippen MR) is 130 cm³/mol. The molecule has 0 bridgehead atoms. The van der Waals surface area contributed by atoms with Crippen LogP contribution in [0.4, 0.5) is 13.2 Å². The Morgan fingerprint density at radius 3 is 1.94 bits per heavy atom. The van der Waals surface area contributed by atoms with Crippen molar-refractivity contribution in [3.8, 4) is 0 Å². The number of nitrogens with zero attached hydrogens (tertiary/aromatic N) is 1. The number of alkyl halides is 3. The molecule has 3 N–H and O–H groups in total. The maximum atomic E-state index is 11.9. The van der Waals surface area contributed by atoms with Crippen LogP contribution in [-0.4, -0.2) is 78.9 Å². The first kappa shape index (κ1) is 38.6. The van der Waals surface area contributed by atoms with Gasteiger partial charge in [0.1, 0.15) is 12.9 Å². The number of methoxy groups -OCH3 is 1. The van der Waals surface area contributed by atoms with Gasteiger partial charge in [-0.25, -0.2) is 4.89 Å². The van der Waals surface area contributed by atoms with Crippen LogP contribution in [0.2, 0.25) is 0 Å². The number of aldehydes is 1. The molecule has 0 aromatic carbocycles. The van der Waals surface area contributed by atoms with Crippen LogP contribution in [0.1, 0.15) is 41.5 Å². The predicted octanol–water partition coefficient (Wildman–Crippen LogP) is 2.50. The third-order valence-electron chi connectivity index (χ3n) is 4.80. The molecule has 210 valence electrons. The highest BCUT2D eigenvalue weighted by Crippen LogP contribution is 2.61. The number of rotatable bonds is 8. The fourth-order valence-corrected chi connectivity index (χ4v) is 3.17. The highest BCUT2D eigenvalue weighted by atomic mass is 31.2. The zero-order valence-corrected chi connectivity index (χ0v) is 23.7. The van der Waals surface area contributed by atoms with Crippen LogP contribution in [0.25, 0.3) is 0 Å². The number of hydrogen-bond donors (Lipinski definition) is 3. The normalized spacial score (nSPS) is 19.9. The molecule has 10 nitrogen and oxygen atoms in total. The van der Waals surface area contributed by atoms with Gasteiger partial charge in [0, 0.05) is 20.2 Å². The quantitative estimate of drug-likeness (QED) is 0.180. The van der Waals surface area contributed by atoms with E-state index in [4.69, 9.17) is 14.6 Å². The molecule has 2 rings (SSSR count). The van der Waals surface area contributed by atoms with Gasteiger partial charge in [-0.2, -0.15) is 27.7 Å². The molecule has 0 radical (unpaired) electrons. The number of fused-ring (bicyclic) bond motifs is 1. The summed E-state index contributed by atoms with van der Waals surface area (Å²) >= 11 is 0. The fourth-order valence-electron chi connectivity index (χ4n) is 3.01. The van der Waals surface area contributed by atoms with Crippen LogP contribution in [0.3, 0.4) is 0 Å². The van der Waals surface area contributed by atoms with Gasteiger partial charge in [-0.1, -0.05) is 34.6 Å². The molecule has 35 heavy (non-hydrogen) atoms. The molecular weight excluding hydrogens is 515 g/mol. The molecule has 2 fully saturated rings. The molecule has 0 aromatic rings. The monoisotopic (exact) mass is 556 g/mol. The van der Waals surface area contributed by atoms with Crippen LogP contribution in [-0.2, 0) is 28.7 Å². The maximum absolute atomic E-state index is 11.9. The highest BCUT2D eigenvalue weighted by molar-refractivity contribution is 7.39. The minimum absolute atomic E-state index is 0. The lowest BCUT2D eigenvalue weighted by atomic mass is 10.1. The second-order valence-electron chi connectivity index (χ2n) is 8.68. The number of piperidine rings is 1. The molecule has 1 heterocycles. The zero-order chi connectivity index (χ0) is 27.1. The van der Waals surface area contributed by atoms with Crippen LogP contribution in [0.15, 0.2) is 0 Å². The molecule has 2 aliphatic rings. The van der Waals surface area contributed by atoms with E-state index in [9.17, 15) is 22.8 Å². The number of hydrogen-bond acceptors (Lipinski definition) is 8. The zero-order valence-electron chi connectivity index (χ0n) is 21.4. The Hall–Kier alpha value is -0.940. The number of ether oxygens (including phenoxy) is 1. The summed E-state index contributed by atoms with van der Waals surface area (Å²) in [6, 6.07) is 0. The summed E-state index contributed by atoms with van der Waals surface area (Å²) in [5, 5.41) is 2.40. The molecule has 2 amide bonds. The first-order chi connectivity index (χ1) is 15.6. The third kappa shape index (κ3) is 17.2. The molecule has 1 saturated carbocycles. The van der Waals surface area contributed by atoms with Gasteiger partial charge < -0.3 is 29.5 Å². The second-order valence-corrected chi connectivity index (χ2v) is 9.33. The van der Waals surface area contributed by atoms with E-state index in [1.54, 1.807) is 0 Å². The fraction of sp³-hybridized carbons (Fsp3) is 0.850. The van der Waals surface area contributed by atoms with E-state index in [1.807, 2.05) is 4.90 Å². The molecular formula is C20H41F3N2O8P2. The van der Waals surface area contributed by atoms with E-state index >= 15 is 0 Å². The van der Waals surface area contributed by atoms with Crippen LogP contribution >= 0.6 is 18.5 Å². The van der Waals surface area contributed by atoms with Gasteiger partial charge in [-0.15, -0.1) is 0 Å². The first-order valence-corrected chi connectivity index (χ1v) is 11.7. The lowest BCUT2D eigenvalue weighted by molar-refractivity contribution is -0.283. The van der Waals surface area contributed by atoms with E-state index in [0.29, 0.717) is 23.7 Å². The number of nitrogens with one attached hydrogen (secondary N) is 1. The average Bonchev–Trinajstić information content (AvgIpc) is 3.05. The van der Waals surface area contributed by atoms with Crippen molar-refractivity contribution < 1.29 is 51.6 Å². The summed E-state index contributed by atoms with van der Waals surface area (Å²) in [4.78, 5) is 52.2.